The number of nitriles is 1. The molecule has 0 unspecified atom stereocenters. The maximum Gasteiger partial charge on any atom is 0.523 e. The summed E-state index contributed by atoms with van der Waals surface area (Å²) in [4.78, 5) is 10.8. The van der Waals surface area contributed by atoms with Gasteiger partial charge < -0.3 is 9.64 Å². The number of nitrogens with zero attached hydrogens (tertiary/aromatic N) is 4. The number of benzene rings is 1. The molecule has 1 aliphatic rings. The molecular formula is C16H17B2F3N4O4S. The first-order valence-electron chi connectivity index (χ1n) is 8.97. The summed E-state index contributed by atoms with van der Waals surface area (Å²) < 4.78 is 69.6. The van der Waals surface area contributed by atoms with Crippen LogP contribution in [0.15, 0.2) is 12.1 Å². The second-order valence-electron chi connectivity index (χ2n) is 6.99. The zero-order valence-electron chi connectivity index (χ0n) is 16.4. The van der Waals surface area contributed by atoms with Crippen molar-refractivity contribution in [3.8, 4) is 6.07 Å². The van der Waals surface area contributed by atoms with Crippen molar-refractivity contribution < 1.29 is 30.5 Å². The summed E-state index contributed by atoms with van der Waals surface area (Å²) in [5, 5.41) is 9.38. The highest BCUT2D eigenvalue weighted by Gasteiger charge is 2.47. The highest BCUT2D eigenvalue weighted by atomic mass is 32.2. The SMILES string of the molecule is Bc1nc2c(C#N)ccc(N3C[C@H](COS(=O)(=O)C(F)(F)F)O[C@H](C)C3)c2nc1B. The quantitative estimate of drug-likeness (QED) is 0.321. The van der Waals surface area contributed by atoms with Crippen molar-refractivity contribution in [1.29, 1.82) is 5.26 Å². The van der Waals surface area contributed by atoms with Gasteiger partial charge in [-0.15, -0.1) is 0 Å². The first kappa shape index (κ1) is 22.3. The molecule has 2 aromatic rings. The first-order valence-corrected chi connectivity index (χ1v) is 10.4. The number of alkyl halides is 3. The number of morpholine rings is 1. The summed E-state index contributed by atoms with van der Waals surface area (Å²) in [6, 6.07) is 5.36. The predicted molar refractivity (Wildman–Crippen MR) is 108 cm³/mol. The Hall–Kier alpha value is -2.36. The zero-order valence-corrected chi connectivity index (χ0v) is 17.2. The van der Waals surface area contributed by atoms with Crippen LogP contribution in [0.2, 0.25) is 0 Å². The Morgan fingerprint density at radius 3 is 2.50 bits per heavy atom. The lowest BCUT2D eigenvalue weighted by Crippen LogP contribution is -2.49. The summed E-state index contributed by atoms with van der Waals surface area (Å²) in [6.07, 6.45) is -1.33. The molecule has 1 saturated heterocycles. The van der Waals surface area contributed by atoms with Crippen LogP contribution in [0, 0.1) is 11.3 Å². The van der Waals surface area contributed by atoms with E-state index in [9.17, 15) is 26.9 Å². The lowest BCUT2D eigenvalue weighted by Gasteiger charge is -2.38. The largest absolute Gasteiger partial charge is 0.523 e. The topological polar surface area (TPSA) is 105 Å². The Labute approximate surface area is 172 Å². The monoisotopic (exact) mass is 440 g/mol. The third kappa shape index (κ3) is 4.38. The maximum atomic E-state index is 12.5. The van der Waals surface area contributed by atoms with Crippen molar-refractivity contribution in [2.24, 2.45) is 0 Å². The van der Waals surface area contributed by atoms with Crippen molar-refractivity contribution in [3.63, 3.8) is 0 Å². The van der Waals surface area contributed by atoms with Gasteiger partial charge in [0.2, 0.25) is 0 Å². The molecule has 1 aromatic heterocycles. The molecule has 0 radical (unpaired) electrons. The molecule has 0 bridgehead atoms. The van der Waals surface area contributed by atoms with E-state index in [1.165, 1.54) is 0 Å². The van der Waals surface area contributed by atoms with E-state index in [0.29, 0.717) is 40.0 Å². The number of halogens is 3. The molecule has 2 atom stereocenters. The Bertz CT molecular complexity index is 1120. The molecule has 1 aromatic carbocycles. The molecule has 0 amide bonds. The smallest absolute Gasteiger partial charge is 0.369 e. The highest BCUT2D eigenvalue weighted by Crippen LogP contribution is 2.29. The maximum absolute atomic E-state index is 12.5. The number of anilines is 1. The molecule has 2 heterocycles. The molecule has 0 spiro atoms. The van der Waals surface area contributed by atoms with Crippen LogP contribution in [0.3, 0.4) is 0 Å². The summed E-state index contributed by atoms with van der Waals surface area (Å²) in [6.45, 7) is 1.40. The molecule has 0 N–H and O–H groups in total. The van der Waals surface area contributed by atoms with Gasteiger partial charge in [0.25, 0.3) is 0 Å². The van der Waals surface area contributed by atoms with Gasteiger partial charge in [0.05, 0.1) is 24.0 Å². The van der Waals surface area contributed by atoms with Crippen LogP contribution in [-0.4, -0.2) is 71.5 Å². The van der Waals surface area contributed by atoms with Gasteiger partial charge in [0.15, 0.2) is 15.7 Å². The number of fused-ring (bicyclic) bond motifs is 1. The van der Waals surface area contributed by atoms with Crippen LogP contribution in [0.5, 0.6) is 0 Å². The number of hydrogen-bond donors (Lipinski definition) is 0. The number of hydrogen-bond acceptors (Lipinski definition) is 8. The third-order valence-corrected chi connectivity index (χ3v) is 5.71. The van der Waals surface area contributed by atoms with Gasteiger partial charge in [-0.2, -0.15) is 26.9 Å². The average molecular weight is 440 g/mol. The van der Waals surface area contributed by atoms with Crippen molar-refractivity contribution in [3.05, 3.63) is 17.7 Å². The van der Waals surface area contributed by atoms with E-state index in [1.54, 1.807) is 34.7 Å². The second kappa shape index (κ2) is 8.05. The Balaban J connectivity index is 1.92. The van der Waals surface area contributed by atoms with Crippen molar-refractivity contribution in [1.82, 2.24) is 9.97 Å². The first-order chi connectivity index (χ1) is 13.9. The van der Waals surface area contributed by atoms with Crippen LogP contribution in [-0.2, 0) is 19.0 Å². The molecule has 1 fully saturated rings. The molecule has 1 aliphatic heterocycles. The van der Waals surface area contributed by atoms with Crippen LogP contribution in [0.25, 0.3) is 11.0 Å². The minimum atomic E-state index is -5.71. The van der Waals surface area contributed by atoms with Crippen LogP contribution < -0.4 is 16.1 Å². The molecule has 14 heteroatoms. The molecule has 158 valence electrons. The van der Waals surface area contributed by atoms with Gasteiger partial charge in [-0.3, -0.25) is 14.2 Å². The normalized spacial score (nSPS) is 20.3. The summed E-state index contributed by atoms with van der Waals surface area (Å²) in [5.74, 6) is 0. The predicted octanol–water partition coefficient (Wildman–Crippen LogP) is -1.52. The van der Waals surface area contributed by atoms with Crippen LogP contribution in [0.1, 0.15) is 12.5 Å². The zero-order chi connectivity index (χ0) is 22.3. The fourth-order valence-electron chi connectivity index (χ4n) is 3.20. The minimum absolute atomic E-state index is 0.0767. The summed E-state index contributed by atoms with van der Waals surface area (Å²) in [5.41, 5.74) is -2.27. The fraction of sp³-hybridized carbons (Fsp3) is 0.438. The number of rotatable bonds is 4. The molecule has 30 heavy (non-hydrogen) atoms. The average Bonchev–Trinajstić information content (AvgIpc) is 2.65. The van der Waals surface area contributed by atoms with Crippen molar-refractivity contribution in [2.45, 2.75) is 24.6 Å². The van der Waals surface area contributed by atoms with Gasteiger partial charge >= 0.3 is 15.6 Å². The van der Waals surface area contributed by atoms with E-state index >= 15 is 0 Å². The summed E-state index contributed by atoms with van der Waals surface area (Å²) >= 11 is 0. The highest BCUT2D eigenvalue weighted by molar-refractivity contribution is 7.87. The van der Waals surface area contributed by atoms with Crippen molar-refractivity contribution in [2.75, 3.05) is 24.6 Å². The minimum Gasteiger partial charge on any atom is -0.369 e. The molecule has 3 rings (SSSR count). The fourth-order valence-corrected chi connectivity index (χ4v) is 3.67. The Kier molecular flexibility index (Phi) is 5.99. The lowest BCUT2D eigenvalue weighted by molar-refractivity contribution is -0.0656. The molecular weight excluding hydrogens is 423 g/mol. The van der Waals surface area contributed by atoms with Crippen molar-refractivity contribution >= 4 is 53.7 Å². The number of ether oxygens (including phenoxy) is 1. The lowest BCUT2D eigenvalue weighted by atomic mass is 9.90. The third-order valence-electron chi connectivity index (χ3n) is 4.69. The van der Waals surface area contributed by atoms with Gasteiger partial charge in [-0.1, -0.05) is 0 Å². The Morgan fingerprint density at radius 1 is 1.27 bits per heavy atom. The standard InChI is InChI=1S/C16H17B2F3N4O4S/c1-8-5-25(6-10(29-8)7-28-30(26,27)16(19,20)21)11-3-2-9(4-22)12-13(11)24-15(18)14(17)23-12/h2-3,8,10H,5-7,17-18H2,1H3/t8-,10-/m1/s1. The van der Waals surface area contributed by atoms with Crippen LogP contribution in [0.4, 0.5) is 18.9 Å². The second-order valence-corrected chi connectivity index (χ2v) is 8.60. The van der Waals surface area contributed by atoms with E-state index in [4.69, 9.17) is 4.74 Å². The van der Waals surface area contributed by atoms with E-state index in [1.807, 2.05) is 4.90 Å². The summed E-state index contributed by atoms with van der Waals surface area (Å²) in [7, 11) is -2.15. The van der Waals surface area contributed by atoms with Gasteiger partial charge in [-0.05, 0) is 19.1 Å². The van der Waals surface area contributed by atoms with Gasteiger partial charge in [-0.25, -0.2) is 0 Å². The van der Waals surface area contributed by atoms with Crippen LogP contribution >= 0.6 is 0 Å². The molecule has 0 saturated carbocycles. The Morgan fingerprint density at radius 2 is 1.90 bits per heavy atom. The van der Waals surface area contributed by atoms with E-state index in [2.05, 4.69) is 20.2 Å². The van der Waals surface area contributed by atoms with E-state index < -0.39 is 34.4 Å². The number of aromatic nitrogens is 2. The van der Waals surface area contributed by atoms with Gasteiger partial charge in [0.1, 0.15) is 23.2 Å². The van der Waals surface area contributed by atoms with E-state index in [-0.39, 0.29) is 6.54 Å². The van der Waals surface area contributed by atoms with Gasteiger partial charge in [0, 0.05) is 24.3 Å². The molecule has 8 nitrogen and oxygen atoms in total. The van der Waals surface area contributed by atoms with E-state index in [0.717, 1.165) is 0 Å². The molecule has 0 aliphatic carbocycles.